The molecule has 2 atom stereocenters. The molecular weight excluding hydrogens is 428 g/mol. The number of anilines is 1. The van der Waals surface area contributed by atoms with Gasteiger partial charge in [-0.05, 0) is 30.2 Å². The molecule has 2 aromatic carbocycles. The van der Waals surface area contributed by atoms with Crippen LogP contribution in [0.3, 0.4) is 0 Å². The van der Waals surface area contributed by atoms with Gasteiger partial charge in [0.15, 0.2) is 0 Å². The lowest BCUT2D eigenvalue weighted by molar-refractivity contribution is -0.136. The Labute approximate surface area is 200 Å². The van der Waals surface area contributed by atoms with Crippen molar-refractivity contribution in [3.63, 3.8) is 0 Å². The first-order valence-electron chi connectivity index (χ1n) is 11.8. The van der Waals surface area contributed by atoms with E-state index >= 15 is 0 Å². The van der Waals surface area contributed by atoms with E-state index in [9.17, 15) is 9.59 Å². The van der Waals surface area contributed by atoms with Crippen LogP contribution in [0.15, 0.2) is 54.6 Å². The zero-order valence-corrected chi connectivity index (χ0v) is 19.8. The molecule has 1 aliphatic rings. The van der Waals surface area contributed by atoms with E-state index in [0.717, 1.165) is 17.3 Å². The van der Waals surface area contributed by atoms with Gasteiger partial charge in [0.05, 0.1) is 12.1 Å². The second-order valence-electron chi connectivity index (χ2n) is 8.85. The fourth-order valence-corrected chi connectivity index (χ4v) is 4.24. The summed E-state index contributed by atoms with van der Waals surface area (Å²) in [5.41, 5.74) is 7.52. The van der Waals surface area contributed by atoms with Crippen molar-refractivity contribution in [2.24, 2.45) is 5.92 Å². The molecule has 0 radical (unpaired) electrons. The van der Waals surface area contributed by atoms with Crippen molar-refractivity contribution in [2.45, 2.75) is 32.9 Å². The maximum Gasteiger partial charge on any atom is 0.251 e. The number of aromatic nitrogens is 2. The topological polar surface area (TPSA) is 104 Å². The Bertz CT molecular complexity index is 1140. The molecule has 0 aliphatic carbocycles. The third-order valence-electron chi connectivity index (χ3n) is 6.53. The second kappa shape index (κ2) is 10.6. The Morgan fingerprint density at radius 2 is 1.68 bits per heavy atom. The fourth-order valence-electron chi connectivity index (χ4n) is 4.24. The van der Waals surface area contributed by atoms with Gasteiger partial charge in [0.1, 0.15) is 17.7 Å². The van der Waals surface area contributed by atoms with E-state index in [-0.39, 0.29) is 17.7 Å². The molecule has 2 heterocycles. The van der Waals surface area contributed by atoms with Crippen molar-refractivity contribution in [3.05, 3.63) is 66.0 Å². The van der Waals surface area contributed by atoms with Gasteiger partial charge in [-0.25, -0.2) is 9.97 Å². The number of nitrogens with two attached hydrogens (primary N) is 1. The highest BCUT2D eigenvalue weighted by Crippen LogP contribution is 2.19. The molecule has 0 spiro atoms. The van der Waals surface area contributed by atoms with E-state index in [4.69, 9.17) is 5.73 Å². The summed E-state index contributed by atoms with van der Waals surface area (Å²) >= 11 is 0. The van der Waals surface area contributed by atoms with Crippen LogP contribution in [0, 0.1) is 5.92 Å². The highest BCUT2D eigenvalue weighted by Gasteiger charge is 2.32. The summed E-state index contributed by atoms with van der Waals surface area (Å²) in [6.07, 6.45) is 0.798. The lowest BCUT2D eigenvalue weighted by Crippen LogP contribution is -2.56. The maximum atomic E-state index is 13.4. The summed E-state index contributed by atoms with van der Waals surface area (Å²) in [6.45, 7) is 7.23. The van der Waals surface area contributed by atoms with Gasteiger partial charge in [-0.1, -0.05) is 50.6 Å². The molecule has 0 unspecified atom stereocenters. The molecular formula is C26H32N6O2. The molecule has 8 nitrogen and oxygen atoms in total. The summed E-state index contributed by atoms with van der Waals surface area (Å²) in [6, 6.07) is 16.2. The molecule has 3 N–H and O–H groups in total. The summed E-state index contributed by atoms with van der Waals surface area (Å²) in [4.78, 5) is 39.3. The Hall–Kier alpha value is -3.52. The number of hydrogen-bond donors (Lipinski definition) is 2. The van der Waals surface area contributed by atoms with E-state index in [1.165, 1.54) is 0 Å². The van der Waals surface area contributed by atoms with Gasteiger partial charge in [-0.15, -0.1) is 0 Å². The molecule has 1 fully saturated rings. The number of amides is 2. The van der Waals surface area contributed by atoms with Crippen LogP contribution in [0.5, 0.6) is 0 Å². The minimum absolute atomic E-state index is 0.0236. The maximum absolute atomic E-state index is 13.4. The standard InChI is InChI=1S/C26H32N6O2/c1-3-18(2)23(30-25(33)19-9-5-4-6-10-19)26(34)32-15-13-31(14-16-32)17-22-28-21-12-8-7-11-20(21)24(27)29-22/h4-12,18,23H,3,13-17H2,1-2H3,(H,30,33)(H2,27,28,29)/t18-,23+/m1/s1. The Kier molecular flexibility index (Phi) is 7.37. The van der Waals surface area contributed by atoms with Crippen molar-refractivity contribution in [2.75, 3.05) is 31.9 Å². The first kappa shape index (κ1) is 23.6. The Morgan fingerprint density at radius 3 is 2.38 bits per heavy atom. The molecule has 4 rings (SSSR count). The normalized spacial score (nSPS) is 16.2. The number of benzene rings is 2. The minimum Gasteiger partial charge on any atom is -0.383 e. The molecule has 1 aromatic heterocycles. The second-order valence-corrected chi connectivity index (χ2v) is 8.85. The SMILES string of the molecule is CC[C@@H](C)[C@H](NC(=O)c1ccccc1)C(=O)N1CCN(Cc2nc(N)c3ccccc3n2)CC1. The first-order chi connectivity index (χ1) is 16.5. The van der Waals surface area contributed by atoms with Gasteiger partial charge in [0.2, 0.25) is 5.91 Å². The zero-order chi connectivity index (χ0) is 24.1. The predicted octanol–water partition coefficient (Wildman–Crippen LogP) is 2.70. The van der Waals surface area contributed by atoms with Gasteiger partial charge < -0.3 is 16.0 Å². The number of nitrogen functional groups attached to an aromatic ring is 1. The quantitative estimate of drug-likeness (QED) is 0.562. The number of piperazine rings is 1. The van der Waals surface area contributed by atoms with Gasteiger partial charge in [0.25, 0.3) is 5.91 Å². The number of rotatable bonds is 7. The fraction of sp³-hybridized carbons (Fsp3) is 0.385. The first-order valence-corrected chi connectivity index (χ1v) is 11.8. The van der Waals surface area contributed by atoms with Crippen LogP contribution >= 0.6 is 0 Å². The lowest BCUT2D eigenvalue weighted by Gasteiger charge is -2.37. The third kappa shape index (κ3) is 5.34. The molecule has 2 amide bonds. The number of fused-ring (bicyclic) bond motifs is 1. The summed E-state index contributed by atoms with van der Waals surface area (Å²) < 4.78 is 0. The van der Waals surface area contributed by atoms with Crippen LogP contribution in [0.25, 0.3) is 10.9 Å². The highest BCUT2D eigenvalue weighted by atomic mass is 16.2. The van der Waals surface area contributed by atoms with E-state index in [0.29, 0.717) is 49.9 Å². The average molecular weight is 461 g/mol. The number of hydrogen-bond acceptors (Lipinski definition) is 6. The average Bonchev–Trinajstić information content (AvgIpc) is 2.87. The Balaban J connectivity index is 1.38. The lowest BCUT2D eigenvalue weighted by atomic mass is 9.97. The van der Waals surface area contributed by atoms with Gasteiger partial charge in [-0.2, -0.15) is 0 Å². The summed E-state index contributed by atoms with van der Waals surface area (Å²) in [5, 5.41) is 3.83. The Morgan fingerprint density at radius 1 is 1.00 bits per heavy atom. The van der Waals surface area contributed by atoms with Gasteiger partial charge in [-0.3, -0.25) is 14.5 Å². The number of nitrogens with zero attached hydrogens (tertiary/aromatic N) is 4. The number of para-hydroxylation sites is 1. The molecule has 178 valence electrons. The van der Waals surface area contributed by atoms with Crippen LogP contribution in [-0.2, 0) is 11.3 Å². The predicted molar refractivity (Wildman–Crippen MR) is 133 cm³/mol. The largest absolute Gasteiger partial charge is 0.383 e. The van der Waals surface area contributed by atoms with Crippen molar-refractivity contribution < 1.29 is 9.59 Å². The molecule has 8 heteroatoms. The van der Waals surface area contributed by atoms with E-state index in [1.807, 2.05) is 61.2 Å². The van der Waals surface area contributed by atoms with Crippen molar-refractivity contribution in [3.8, 4) is 0 Å². The molecule has 1 saturated heterocycles. The molecule has 3 aromatic rings. The number of carbonyl (C=O) groups excluding carboxylic acids is 2. The summed E-state index contributed by atoms with van der Waals surface area (Å²) in [7, 11) is 0. The monoisotopic (exact) mass is 460 g/mol. The minimum atomic E-state index is -0.548. The van der Waals surface area contributed by atoms with Crippen molar-refractivity contribution in [1.82, 2.24) is 25.1 Å². The highest BCUT2D eigenvalue weighted by molar-refractivity contribution is 5.97. The van der Waals surface area contributed by atoms with Crippen LogP contribution in [-0.4, -0.2) is 63.8 Å². The number of carbonyl (C=O) groups is 2. The smallest absolute Gasteiger partial charge is 0.251 e. The molecule has 34 heavy (non-hydrogen) atoms. The van der Waals surface area contributed by atoms with Crippen LogP contribution in [0.4, 0.5) is 5.82 Å². The van der Waals surface area contributed by atoms with Crippen LogP contribution in [0.2, 0.25) is 0 Å². The van der Waals surface area contributed by atoms with Gasteiger partial charge >= 0.3 is 0 Å². The molecule has 1 aliphatic heterocycles. The summed E-state index contributed by atoms with van der Waals surface area (Å²) in [5.74, 6) is 0.962. The third-order valence-corrected chi connectivity index (χ3v) is 6.53. The van der Waals surface area contributed by atoms with Gasteiger partial charge in [0, 0.05) is 37.1 Å². The van der Waals surface area contributed by atoms with Crippen LogP contribution < -0.4 is 11.1 Å². The van der Waals surface area contributed by atoms with Crippen molar-refractivity contribution in [1.29, 1.82) is 0 Å². The zero-order valence-electron chi connectivity index (χ0n) is 19.8. The van der Waals surface area contributed by atoms with Crippen molar-refractivity contribution >= 4 is 28.5 Å². The number of nitrogens with one attached hydrogen (secondary N) is 1. The van der Waals surface area contributed by atoms with E-state index in [2.05, 4.69) is 20.2 Å². The molecule has 0 bridgehead atoms. The molecule has 0 saturated carbocycles. The van der Waals surface area contributed by atoms with Crippen LogP contribution in [0.1, 0.15) is 36.5 Å². The van der Waals surface area contributed by atoms with E-state index in [1.54, 1.807) is 12.1 Å². The van der Waals surface area contributed by atoms with E-state index < -0.39 is 6.04 Å².